The van der Waals surface area contributed by atoms with E-state index in [0.29, 0.717) is 19.1 Å². The summed E-state index contributed by atoms with van der Waals surface area (Å²) in [6.45, 7) is 3.87. The largest absolute Gasteiger partial charge is 0.329 e. The van der Waals surface area contributed by atoms with Gasteiger partial charge >= 0.3 is 0 Å². The van der Waals surface area contributed by atoms with Gasteiger partial charge in [0.2, 0.25) is 5.91 Å². The lowest BCUT2D eigenvalue weighted by molar-refractivity contribution is -0.117. The Morgan fingerprint density at radius 1 is 1.40 bits per heavy atom. The van der Waals surface area contributed by atoms with E-state index < -0.39 is 0 Å². The average Bonchev–Trinajstić information content (AvgIpc) is 2.92. The zero-order valence-corrected chi connectivity index (χ0v) is 12.3. The van der Waals surface area contributed by atoms with Crippen LogP contribution < -0.4 is 11.1 Å². The van der Waals surface area contributed by atoms with Crippen LogP contribution in [0.15, 0.2) is 24.3 Å². The minimum Gasteiger partial charge on any atom is -0.329 e. The first-order valence-electron chi connectivity index (χ1n) is 7.49. The van der Waals surface area contributed by atoms with Crippen LogP contribution >= 0.6 is 0 Å². The van der Waals surface area contributed by atoms with E-state index in [1.165, 1.54) is 25.7 Å². The number of nitrogens with two attached hydrogens (primary N) is 1. The number of nitrogens with one attached hydrogen (secondary N) is 1. The van der Waals surface area contributed by atoms with Gasteiger partial charge in [0.1, 0.15) is 0 Å². The maximum atomic E-state index is 12.2. The van der Waals surface area contributed by atoms with Gasteiger partial charge in [-0.3, -0.25) is 9.69 Å². The molecule has 2 rings (SSSR count). The van der Waals surface area contributed by atoms with Crippen molar-refractivity contribution in [2.24, 2.45) is 5.73 Å². The number of anilines is 1. The molecule has 20 heavy (non-hydrogen) atoms. The first kappa shape index (κ1) is 15.0. The predicted octanol–water partition coefficient (Wildman–Crippen LogP) is 2.14. The number of hydrogen-bond acceptors (Lipinski definition) is 3. The zero-order valence-electron chi connectivity index (χ0n) is 12.3. The standard InChI is InChI=1S/C16H25N3O/c1-13-5-4-6-14(11-13)18-16(20)12-19(10-9-17)15-7-2-3-8-15/h4-6,11,15H,2-3,7-10,12,17H2,1H3,(H,18,20). The normalized spacial score (nSPS) is 15.8. The Kier molecular flexibility index (Phi) is 5.56. The monoisotopic (exact) mass is 275 g/mol. The van der Waals surface area contributed by atoms with E-state index in [0.717, 1.165) is 17.8 Å². The third-order valence-corrected chi connectivity index (χ3v) is 3.91. The van der Waals surface area contributed by atoms with E-state index in [9.17, 15) is 4.79 Å². The summed E-state index contributed by atoms with van der Waals surface area (Å²) < 4.78 is 0. The molecule has 1 aromatic rings. The highest BCUT2D eigenvalue weighted by atomic mass is 16.2. The molecule has 0 saturated heterocycles. The molecule has 0 aromatic heterocycles. The number of nitrogens with zero attached hydrogens (tertiary/aromatic N) is 1. The lowest BCUT2D eigenvalue weighted by Crippen LogP contribution is -2.42. The van der Waals surface area contributed by atoms with Crippen LogP contribution in [0.3, 0.4) is 0 Å². The summed E-state index contributed by atoms with van der Waals surface area (Å²) in [7, 11) is 0. The SMILES string of the molecule is Cc1cccc(NC(=O)CN(CCN)C2CCCC2)c1. The second-order valence-corrected chi connectivity index (χ2v) is 5.62. The Morgan fingerprint density at radius 3 is 2.80 bits per heavy atom. The predicted molar refractivity (Wildman–Crippen MR) is 82.7 cm³/mol. The summed E-state index contributed by atoms with van der Waals surface area (Å²) in [4.78, 5) is 14.4. The smallest absolute Gasteiger partial charge is 0.238 e. The number of carbonyl (C=O) groups excluding carboxylic acids is 1. The van der Waals surface area contributed by atoms with Gasteiger partial charge in [0.05, 0.1) is 6.54 Å². The third-order valence-electron chi connectivity index (χ3n) is 3.91. The number of rotatable bonds is 6. The van der Waals surface area contributed by atoms with Crippen molar-refractivity contribution in [2.45, 2.75) is 38.6 Å². The lowest BCUT2D eigenvalue weighted by Gasteiger charge is -2.27. The van der Waals surface area contributed by atoms with Gasteiger partial charge in [-0.2, -0.15) is 0 Å². The Bertz CT molecular complexity index is 441. The van der Waals surface area contributed by atoms with Crippen molar-refractivity contribution in [3.63, 3.8) is 0 Å². The maximum Gasteiger partial charge on any atom is 0.238 e. The summed E-state index contributed by atoms with van der Waals surface area (Å²) in [5.74, 6) is 0.0518. The Morgan fingerprint density at radius 2 is 2.15 bits per heavy atom. The molecule has 4 heteroatoms. The van der Waals surface area contributed by atoms with Crippen LogP contribution in [-0.2, 0) is 4.79 Å². The molecule has 1 saturated carbocycles. The molecular weight excluding hydrogens is 250 g/mol. The molecule has 0 aliphatic heterocycles. The van der Waals surface area contributed by atoms with E-state index in [4.69, 9.17) is 5.73 Å². The summed E-state index contributed by atoms with van der Waals surface area (Å²) >= 11 is 0. The van der Waals surface area contributed by atoms with Crippen molar-refractivity contribution >= 4 is 11.6 Å². The van der Waals surface area contributed by atoms with Gasteiger partial charge < -0.3 is 11.1 Å². The fourth-order valence-electron chi connectivity index (χ4n) is 2.93. The minimum atomic E-state index is 0.0518. The molecule has 0 radical (unpaired) electrons. The maximum absolute atomic E-state index is 12.2. The van der Waals surface area contributed by atoms with Gasteiger partial charge in [-0.25, -0.2) is 0 Å². The van der Waals surface area contributed by atoms with E-state index in [2.05, 4.69) is 10.2 Å². The number of carbonyl (C=O) groups is 1. The molecule has 0 bridgehead atoms. The van der Waals surface area contributed by atoms with Crippen molar-refractivity contribution < 1.29 is 4.79 Å². The van der Waals surface area contributed by atoms with Gasteiger partial charge in [-0.15, -0.1) is 0 Å². The number of hydrogen-bond donors (Lipinski definition) is 2. The van der Waals surface area contributed by atoms with Crippen molar-refractivity contribution in [2.75, 3.05) is 25.0 Å². The lowest BCUT2D eigenvalue weighted by atomic mass is 10.2. The molecule has 0 unspecified atom stereocenters. The Hall–Kier alpha value is -1.39. The molecule has 1 aliphatic carbocycles. The second kappa shape index (κ2) is 7.41. The quantitative estimate of drug-likeness (QED) is 0.836. The molecular formula is C16H25N3O. The number of benzene rings is 1. The number of aryl methyl sites for hydroxylation is 1. The molecule has 4 nitrogen and oxygen atoms in total. The van der Waals surface area contributed by atoms with Crippen LogP contribution in [0.2, 0.25) is 0 Å². The van der Waals surface area contributed by atoms with Gasteiger partial charge in [-0.05, 0) is 37.5 Å². The highest BCUT2D eigenvalue weighted by Gasteiger charge is 2.23. The van der Waals surface area contributed by atoms with Crippen molar-refractivity contribution in [1.82, 2.24) is 4.90 Å². The molecule has 0 spiro atoms. The highest BCUT2D eigenvalue weighted by Crippen LogP contribution is 2.23. The first-order valence-corrected chi connectivity index (χ1v) is 7.49. The fourth-order valence-corrected chi connectivity index (χ4v) is 2.93. The molecule has 0 atom stereocenters. The highest BCUT2D eigenvalue weighted by molar-refractivity contribution is 5.92. The van der Waals surface area contributed by atoms with Crippen molar-refractivity contribution in [3.8, 4) is 0 Å². The van der Waals surface area contributed by atoms with E-state index in [1.54, 1.807) is 0 Å². The van der Waals surface area contributed by atoms with Gasteiger partial charge in [0, 0.05) is 24.8 Å². The topological polar surface area (TPSA) is 58.4 Å². The van der Waals surface area contributed by atoms with E-state index in [-0.39, 0.29) is 5.91 Å². The molecule has 1 aromatic carbocycles. The van der Waals surface area contributed by atoms with Crippen LogP contribution in [0.4, 0.5) is 5.69 Å². The first-order chi connectivity index (χ1) is 9.69. The van der Waals surface area contributed by atoms with Crippen LogP contribution in [0, 0.1) is 6.92 Å². The molecule has 3 N–H and O–H groups in total. The average molecular weight is 275 g/mol. The minimum absolute atomic E-state index is 0.0518. The molecule has 1 fully saturated rings. The van der Waals surface area contributed by atoms with Crippen LogP contribution in [0.25, 0.3) is 0 Å². The van der Waals surface area contributed by atoms with E-state index >= 15 is 0 Å². The molecule has 1 aliphatic rings. The molecule has 110 valence electrons. The second-order valence-electron chi connectivity index (χ2n) is 5.62. The van der Waals surface area contributed by atoms with Gasteiger partial charge in [0.25, 0.3) is 0 Å². The van der Waals surface area contributed by atoms with Crippen LogP contribution in [0.5, 0.6) is 0 Å². The fraction of sp³-hybridized carbons (Fsp3) is 0.562. The third kappa shape index (κ3) is 4.32. The summed E-state index contributed by atoms with van der Waals surface area (Å²) in [6.07, 6.45) is 4.92. The summed E-state index contributed by atoms with van der Waals surface area (Å²) in [5, 5.41) is 2.97. The summed E-state index contributed by atoms with van der Waals surface area (Å²) in [6, 6.07) is 8.42. The Balaban J connectivity index is 1.90. The number of amides is 1. The van der Waals surface area contributed by atoms with Crippen LogP contribution in [-0.4, -0.2) is 36.5 Å². The van der Waals surface area contributed by atoms with Crippen molar-refractivity contribution in [3.05, 3.63) is 29.8 Å². The zero-order chi connectivity index (χ0) is 14.4. The molecule has 1 amide bonds. The van der Waals surface area contributed by atoms with Gasteiger partial charge in [-0.1, -0.05) is 25.0 Å². The van der Waals surface area contributed by atoms with Crippen LogP contribution in [0.1, 0.15) is 31.2 Å². The van der Waals surface area contributed by atoms with Crippen molar-refractivity contribution in [1.29, 1.82) is 0 Å². The summed E-state index contributed by atoms with van der Waals surface area (Å²) in [5.41, 5.74) is 7.69. The molecule has 0 heterocycles. The van der Waals surface area contributed by atoms with Gasteiger partial charge in [0.15, 0.2) is 0 Å². The Labute approximate surface area is 121 Å². The van der Waals surface area contributed by atoms with E-state index in [1.807, 2.05) is 31.2 Å².